The molecule has 1 rings (SSSR count). The van der Waals surface area contributed by atoms with Crippen molar-refractivity contribution in [2.24, 2.45) is 5.92 Å². The Labute approximate surface area is 101 Å². The molecule has 3 nitrogen and oxygen atoms in total. The minimum absolute atomic E-state index is 0.735. The van der Waals surface area contributed by atoms with Crippen LogP contribution >= 0.6 is 0 Å². The van der Waals surface area contributed by atoms with Gasteiger partial charge in [-0.15, -0.1) is 0 Å². The van der Waals surface area contributed by atoms with Crippen LogP contribution < -0.4 is 5.32 Å². The van der Waals surface area contributed by atoms with E-state index in [1.54, 1.807) is 0 Å². The highest BCUT2D eigenvalue weighted by atomic mass is 16.5. The number of likely N-dealkylation sites (N-methyl/N-ethyl adjacent to an activating group) is 1. The van der Waals surface area contributed by atoms with Crippen LogP contribution in [0, 0.1) is 5.92 Å². The first-order valence-electron chi connectivity index (χ1n) is 6.76. The largest absolute Gasteiger partial charge is 0.380 e. The minimum Gasteiger partial charge on any atom is -0.380 e. The van der Waals surface area contributed by atoms with E-state index in [9.17, 15) is 0 Å². The van der Waals surface area contributed by atoms with Crippen LogP contribution in [0.3, 0.4) is 0 Å². The lowest BCUT2D eigenvalue weighted by Crippen LogP contribution is -2.38. The maximum atomic E-state index is 5.67. The molecule has 1 aliphatic rings. The third-order valence-electron chi connectivity index (χ3n) is 3.32. The lowest BCUT2D eigenvalue weighted by Gasteiger charge is -2.26. The third-order valence-corrected chi connectivity index (χ3v) is 3.32. The van der Waals surface area contributed by atoms with Gasteiger partial charge in [-0.1, -0.05) is 20.8 Å². The van der Waals surface area contributed by atoms with E-state index in [4.69, 9.17) is 4.74 Å². The average molecular weight is 228 g/mol. The van der Waals surface area contributed by atoms with E-state index in [0.29, 0.717) is 0 Å². The second kappa shape index (κ2) is 8.04. The van der Waals surface area contributed by atoms with E-state index < -0.39 is 0 Å². The zero-order valence-electron chi connectivity index (χ0n) is 11.2. The summed E-state index contributed by atoms with van der Waals surface area (Å²) in [5.41, 5.74) is 0. The van der Waals surface area contributed by atoms with Gasteiger partial charge in [0.15, 0.2) is 0 Å². The summed E-state index contributed by atoms with van der Waals surface area (Å²) in [5.74, 6) is 0.751. The van der Waals surface area contributed by atoms with E-state index in [1.165, 1.54) is 19.4 Å². The molecular weight excluding hydrogens is 200 g/mol. The van der Waals surface area contributed by atoms with Crippen LogP contribution in [0.1, 0.15) is 33.6 Å². The van der Waals surface area contributed by atoms with Crippen LogP contribution in [0.5, 0.6) is 0 Å². The van der Waals surface area contributed by atoms with Crippen molar-refractivity contribution >= 4 is 0 Å². The maximum absolute atomic E-state index is 5.67. The molecule has 1 atom stereocenters. The van der Waals surface area contributed by atoms with Gasteiger partial charge in [0.25, 0.3) is 0 Å². The summed E-state index contributed by atoms with van der Waals surface area (Å²) in [6, 6.07) is 0.735. The van der Waals surface area contributed by atoms with Crippen molar-refractivity contribution in [1.29, 1.82) is 0 Å². The Kier molecular flexibility index (Phi) is 7.01. The molecule has 16 heavy (non-hydrogen) atoms. The zero-order chi connectivity index (χ0) is 11.8. The number of ether oxygens (including phenoxy) is 1. The van der Waals surface area contributed by atoms with E-state index in [1.807, 2.05) is 0 Å². The molecular formula is C13H28N2O. The van der Waals surface area contributed by atoms with Gasteiger partial charge in [-0.25, -0.2) is 0 Å². The van der Waals surface area contributed by atoms with Gasteiger partial charge in [-0.2, -0.15) is 0 Å². The molecule has 1 N–H and O–H groups in total. The monoisotopic (exact) mass is 228 g/mol. The van der Waals surface area contributed by atoms with Crippen molar-refractivity contribution in [1.82, 2.24) is 10.2 Å². The first-order chi connectivity index (χ1) is 7.74. The normalized spacial score (nSPS) is 21.2. The molecule has 96 valence electrons. The highest BCUT2D eigenvalue weighted by molar-refractivity contribution is 4.79. The van der Waals surface area contributed by atoms with Crippen LogP contribution in [0.25, 0.3) is 0 Å². The van der Waals surface area contributed by atoms with Crippen molar-refractivity contribution in [3.8, 4) is 0 Å². The molecule has 0 amide bonds. The van der Waals surface area contributed by atoms with Gasteiger partial charge >= 0.3 is 0 Å². The van der Waals surface area contributed by atoms with Gasteiger partial charge in [0.05, 0.1) is 6.61 Å². The van der Waals surface area contributed by atoms with Gasteiger partial charge in [0.2, 0.25) is 0 Å². The Morgan fingerprint density at radius 3 is 2.75 bits per heavy atom. The van der Waals surface area contributed by atoms with E-state index in [-0.39, 0.29) is 0 Å². The Bertz CT molecular complexity index is 167. The summed E-state index contributed by atoms with van der Waals surface area (Å²) in [6.07, 6.45) is 2.47. The minimum atomic E-state index is 0.735. The SMILES string of the molecule is CCN(CCOCCC(C)C)C1CCNC1. The van der Waals surface area contributed by atoms with E-state index in [0.717, 1.165) is 44.8 Å². The molecule has 0 radical (unpaired) electrons. The number of nitrogens with one attached hydrogen (secondary N) is 1. The lowest BCUT2D eigenvalue weighted by atomic mass is 10.1. The number of hydrogen-bond donors (Lipinski definition) is 1. The Balaban J connectivity index is 2.04. The first-order valence-corrected chi connectivity index (χ1v) is 6.76. The lowest BCUT2D eigenvalue weighted by molar-refractivity contribution is 0.0858. The predicted molar refractivity (Wildman–Crippen MR) is 68.8 cm³/mol. The molecule has 1 saturated heterocycles. The highest BCUT2D eigenvalue weighted by Crippen LogP contribution is 2.07. The first kappa shape index (κ1) is 13.9. The molecule has 0 aliphatic carbocycles. The predicted octanol–water partition coefficient (Wildman–Crippen LogP) is 1.73. The van der Waals surface area contributed by atoms with Crippen LogP contribution in [0.4, 0.5) is 0 Å². The summed E-state index contributed by atoms with van der Waals surface area (Å²) in [4.78, 5) is 2.54. The van der Waals surface area contributed by atoms with Gasteiger partial charge < -0.3 is 10.1 Å². The second-order valence-corrected chi connectivity index (χ2v) is 5.07. The van der Waals surface area contributed by atoms with Gasteiger partial charge in [0.1, 0.15) is 0 Å². The van der Waals surface area contributed by atoms with Crippen LogP contribution in [-0.2, 0) is 4.74 Å². The van der Waals surface area contributed by atoms with Crippen molar-refractivity contribution < 1.29 is 4.74 Å². The van der Waals surface area contributed by atoms with Crippen molar-refractivity contribution in [3.05, 3.63) is 0 Å². The molecule has 1 unspecified atom stereocenters. The Morgan fingerprint density at radius 1 is 1.38 bits per heavy atom. The highest BCUT2D eigenvalue weighted by Gasteiger charge is 2.20. The molecule has 3 heteroatoms. The molecule has 1 heterocycles. The quantitative estimate of drug-likeness (QED) is 0.640. The number of hydrogen-bond acceptors (Lipinski definition) is 3. The fourth-order valence-corrected chi connectivity index (χ4v) is 2.15. The number of rotatable bonds is 8. The summed E-state index contributed by atoms with van der Waals surface area (Å²) in [6.45, 7) is 13.1. The molecule has 1 fully saturated rings. The third kappa shape index (κ3) is 5.28. The summed E-state index contributed by atoms with van der Waals surface area (Å²) >= 11 is 0. The van der Waals surface area contributed by atoms with E-state index in [2.05, 4.69) is 31.0 Å². The van der Waals surface area contributed by atoms with Crippen molar-refractivity contribution in [2.75, 3.05) is 39.4 Å². The smallest absolute Gasteiger partial charge is 0.0593 e. The van der Waals surface area contributed by atoms with Crippen LogP contribution in [-0.4, -0.2) is 50.3 Å². The van der Waals surface area contributed by atoms with Crippen LogP contribution in [0.2, 0.25) is 0 Å². The molecule has 1 aliphatic heterocycles. The molecule has 0 saturated carbocycles. The fourth-order valence-electron chi connectivity index (χ4n) is 2.15. The van der Waals surface area contributed by atoms with Gasteiger partial charge in [-0.05, 0) is 31.8 Å². The van der Waals surface area contributed by atoms with Gasteiger partial charge in [0, 0.05) is 25.7 Å². The van der Waals surface area contributed by atoms with Crippen molar-refractivity contribution in [3.63, 3.8) is 0 Å². The molecule has 0 aromatic rings. The molecule has 0 spiro atoms. The average Bonchev–Trinajstić information content (AvgIpc) is 2.76. The second-order valence-electron chi connectivity index (χ2n) is 5.07. The van der Waals surface area contributed by atoms with Crippen LogP contribution in [0.15, 0.2) is 0 Å². The number of nitrogens with zero attached hydrogens (tertiary/aromatic N) is 1. The standard InChI is InChI=1S/C13H28N2O/c1-4-15(13-5-7-14-11-13)8-10-16-9-6-12(2)3/h12-14H,4-11H2,1-3H3. The van der Waals surface area contributed by atoms with Gasteiger partial charge in [-0.3, -0.25) is 4.90 Å². The summed E-state index contributed by atoms with van der Waals surface area (Å²) in [7, 11) is 0. The molecule has 0 aromatic carbocycles. The molecule has 0 bridgehead atoms. The zero-order valence-corrected chi connectivity index (χ0v) is 11.2. The summed E-state index contributed by atoms with van der Waals surface area (Å²) < 4.78 is 5.67. The van der Waals surface area contributed by atoms with Crippen molar-refractivity contribution in [2.45, 2.75) is 39.7 Å². The maximum Gasteiger partial charge on any atom is 0.0593 e. The Hall–Kier alpha value is -0.120. The molecule has 0 aromatic heterocycles. The summed E-state index contributed by atoms with van der Waals surface area (Å²) in [5, 5.41) is 3.42. The van der Waals surface area contributed by atoms with E-state index >= 15 is 0 Å². The Morgan fingerprint density at radius 2 is 2.19 bits per heavy atom. The fraction of sp³-hybridized carbons (Fsp3) is 1.00. The topological polar surface area (TPSA) is 24.5 Å².